The zero-order valence-corrected chi connectivity index (χ0v) is 20.1. The summed E-state index contributed by atoms with van der Waals surface area (Å²) in [6.07, 6.45) is 2.38. The van der Waals surface area contributed by atoms with Crippen molar-refractivity contribution in [3.63, 3.8) is 0 Å². The van der Waals surface area contributed by atoms with Crippen LogP contribution >= 0.6 is 0 Å². The van der Waals surface area contributed by atoms with Crippen molar-refractivity contribution in [3.05, 3.63) is 29.8 Å². The molecule has 0 aliphatic carbocycles. The Bertz CT molecular complexity index is 554. The van der Waals surface area contributed by atoms with Crippen LogP contribution in [0.4, 0.5) is 5.69 Å². The predicted octanol–water partition coefficient (Wildman–Crippen LogP) is 4.12. The molecule has 5 heteroatoms. The predicted molar refractivity (Wildman–Crippen MR) is 127 cm³/mol. The number of hydrogen-bond acceptors (Lipinski definition) is 5. The average molecular weight is 420 g/mol. The van der Waals surface area contributed by atoms with Crippen LogP contribution in [-0.4, -0.2) is 82.0 Å². The number of rotatable bonds is 14. The van der Waals surface area contributed by atoms with Crippen LogP contribution in [-0.2, 0) is 16.0 Å². The van der Waals surface area contributed by atoms with Crippen molar-refractivity contribution in [2.75, 3.05) is 71.1 Å². The highest BCUT2D eigenvalue weighted by molar-refractivity contribution is 5.48. The van der Waals surface area contributed by atoms with Crippen LogP contribution in [0.3, 0.4) is 0 Å². The normalized spacial score (nSPS) is 15.7. The second-order valence-electron chi connectivity index (χ2n) is 9.28. The van der Waals surface area contributed by atoms with Gasteiger partial charge in [-0.05, 0) is 57.4 Å². The number of piperazine rings is 1. The van der Waals surface area contributed by atoms with E-state index >= 15 is 0 Å². The fourth-order valence-electron chi connectivity index (χ4n) is 3.84. The van der Waals surface area contributed by atoms with Crippen molar-refractivity contribution in [1.29, 1.82) is 0 Å². The van der Waals surface area contributed by atoms with Crippen molar-refractivity contribution >= 4 is 5.69 Å². The highest BCUT2D eigenvalue weighted by Crippen LogP contribution is 2.18. The average Bonchev–Trinajstić information content (AvgIpc) is 2.73. The zero-order valence-electron chi connectivity index (χ0n) is 20.1. The molecule has 0 spiro atoms. The van der Waals surface area contributed by atoms with E-state index in [1.165, 1.54) is 17.7 Å². The second-order valence-corrected chi connectivity index (χ2v) is 9.28. The first-order valence-corrected chi connectivity index (χ1v) is 11.9. The minimum Gasteiger partial charge on any atom is -0.379 e. The Morgan fingerprint density at radius 2 is 1.50 bits per heavy atom. The third-order valence-corrected chi connectivity index (χ3v) is 5.86. The minimum absolute atomic E-state index is 0.649. The van der Waals surface area contributed by atoms with E-state index in [0.717, 1.165) is 64.8 Å². The molecular formula is C25H45N3O2. The molecule has 172 valence electrons. The first-order valence-electron chi connectivity index (χ1n) is 11.9. The summed E-state index contributed by atoms with van der Waals surface area (Å²) in [5, 5.41) is 0. The number of benzene rings is 1. The highest BCUT2D eigenvalue weighted by Gasteiger charge is 2.18. The molecule has 1 aliphatic heterocycles. The van der Waals surface area contributed by atoms with Gasteiger partial charge < -0.3 is 14.4 Å². The highest BCUT2D eigenvalue weighted by atomic mass is 16.5. The summed E-state index contributed by atoms with van der Waals surface area (Å²) in [7, 11) is 2.16. The van der Waals surface area contributed by atoms with E-state index in [-0.39, 0.29) is 0 Å². The number of likely N-dealkylation sites (N-methyl/N-ethyl adjacent to an activating group) is 1. The standard InChI is InChI=1S/C25H45N3O2/c1-22(2)7-6-17-29-19-20-30-18-16-26(5)21-24-8-10-25(11-9-24)28-14-12-27(13-15-28)23(3)4/h8-11,22-23H,6-7,12-21H2,1-5H3. The van der Waals surface area contributed by atoms with Crippen LogP contribution in [0.2, 0.25) is 0 Å². The van der Waals surface area contributed by atoms with Gasteiger partial charge in [0, 0.05) is 57.6 Å². The molecule has 0 saturated carbocycles. The van der Waals surface area contributed by atoms with Crippen LogP contribution in [0.15, 0.2) is 24.3 Å². The first-order chi connectivity index (χ1) is 14.5. The number of nitrogens with zero attached hydrogens (tertiary/aromatic N) is 3. The second kappa shape index (κ2) is 14.0. The lowest BCUT2D eigenvalue weighted by Crippen LogP contribution is -2.48. The van der Waals surface area contributed by atoms with Crippen LogP contribution in [0.25, 0.3) is 0 Å². The van der Waals surface area contributed by atoms with Gasteiger partial charge in [-0.25, -0.2) is 0 Å². The lowest BCUT2D eigenvalue weighted by molar-refractivity contribution is 0.0385. The molecule has 0 atom stereocenters. The molecule has 0 radical (unpaired) electrons. The summed E-state index contributed by atoms with van der Waals surface area (Å²) in [4.78, 5) is 7.38. The SMILES string of the molecule is CC(C)CCCOCCOCCN(C)Cc1ccc(N2CCN(C(C)C)CC2)cc1. The Morgan fingerprint density at radius 3 is 2.10 bits per heavy atom. The Balaban J connectivity index is 1.56. The van der Waals surface area contributed by atoms with E-state index in [1.54, 1.807) is 0 Å². The van der Waals surface area contributed by atoms with E-state index in [9.17, 15) is 0 Å². The van der Waals surface area contributed by atoms with E-state index in [4.69, 9.17) is 9.47 Å². The maximum Gasteiger partial charge on any atom is 0.0701 e. The van der Waals surface area contributed by atoms with E-state index < -0.39 is 0 Å². The molecule has 30 heavy (non-hydrogen) atoms. The van der Waals surface area contributed by atoms with Crippen LogP contribution in [0, 0.1) is 5.92 Å². The summed E-state index contributed by atoms with van der Waals surface area (Å²) in [6.45, 7) is 18.5. The quantitative estimate of drug-likeness (QED) is 0.423. The fourth-order valence-corrected chi connectivity index (χ4v) is 3.84. The Morgan fingerprint density at radius 1 is 0.867 bits per heavy atom. The number of hydrogen-bond donors (Lipinski definition) is 0. The summed E-state index contributed by atoms with van der Waals surface area (Å²) in [5.41, 5.74) is 2.71. The van der Waals surface area contributed by atoms with Gasteiger partial charge in [-0.3, -0.25) is 9.80 Å². The smallest absolute Gasteiger partial charge is 0.0701 e. The molecule has 5 nitrogen and oxygen atoms in total. The van der Waals surface area contributed by atoms with Gasteiger partial charge >= 0.3 is 0 Å². The third-order valence-electron chi connectivity index (χ3n) is 5.86. The molecule has 1 saturated heterocycles. The Kier molecular flexibility index (Phi) is 11.7. The molecule has 0 amide bonds. The summed E-state index contributed by atoms with van der Waals surface area (Å²) in [6, 6.07) is 9.75. The van der Waals surface area contributed by atoms with Crippen LogP contribution < -0.4 is 4.90 Å². The van der Waals surface area contributed by atoms with E-state index in [1.807, 2.05) is 0 Å². The van der Waals surface area contributed by atoms with Crippen molar-refractivity contribution in [3.8, 4) is 0 Å². The van der Waals surface area contributed by atoms with Gasteiger partial charge in [-0.2, -0.15) is 0 Å². The fraction of sp³-hybridized carbons (Fsp3) is 0.760. The topological polar surface area (TPSA) is 28.2 Å². The van der Waals surface area contributed by atoms with Gasteiger partial charge in [-0.1, -0.05) is 26.0 Å². The van der Waals surface area contributed by atoms with E-state index in [2.05, 4.69) is 73.7 Å². The van der Waals surface area contributed by atoms with Crippen LogP contribution in [0.5, 0.6) is 0 Å². The number of anilines is 1. The van der Waals surface area contributed by atoms with Crippen molar-refractivity contribution in [1.82, 2.24) is 9.80 Å². The molecule has 0 bridgehead atoms. The van der Waals surface area contributed by atoms with E-state index in [0.29, 0.717) is 19.3 Å². The van der Waals surface area contributed by atoms with Crippen LogP contribution in [0.1, 0.15) is 46.1 Å². The lowest BCUT2D eigenvalue weighted by Gasteiger charge is -2.38. The molecule has 1 aromatic rings. The molecule has 1 aromatic carbocycles. The molecule has 1 fully saturated rings. The van der Waals surface area contributed by atoms with Gasteiger partial charge in [0.15, 0.2) is 0 Å². The molecule has 0 unspecified atom stereocenters. The molecule has 2 rings (SSSR count). The largest absolute Gasteiger partial charge is 0.379 e. The lowest BCUT2D eigenvalue weighted by atomic mass is 10.1. The molecular weight excluding hydrogens is 374 g/mol. The van der Waals surface area contributed by atoms with Gasteiger partial charge in [0.25, 0.3) is 0 Å². The monoisotopic (exact) mass is 419 g/mol. The van der Waals surface area contributed by atoms with Gasteiger partial charge in [0.05, 0.1) is 19.8 Å². The zero-order chi connectivity index (χ0) is 21.8. The summed E-state index contributed by atoms with van der Waals surface area (Å²) < 4.78 is 11.3. The van der Waals surface area contributed by atoms with Gasteiger partial charge in [0.1, 0.15) is 0 Å². The van der Waals surface area contributed by atoms with Crippen molar-refractivity contribution < 1.29 is 9.47 Å². The molecule has 0 aromatic heterocycles. The van der Waals surface area contributed by atoms with Crippen molar-refractivity contribution in [2.24, 2.45) is 5.92 Å². The van der Waals surface area contributed by atoms with Gasteiger partial charge in [0.2, 0.25) is 0 Å². The van der Waals surface area contributed by atoms with Gasteiger partial charge in [-0.15, -0.1) is 0 Å². The Labute approximate surface area is 185 Å². The maximum absolute atomic E-state index is 5.72. The minimum atomic E-state index is 0.649. The summed E-state index contributed by atoms with van der Waals surface area (Å²) in [5.74, 6) is 0.761. The number of ether oxygens (including phenoxy) is 2. The summed E-state index contributed by atoms with van der Waals surface area (Å²) >= 11 is 0. The maximum atomic E-state index is 5.72. The molecule has 1 aliphatic rings. The van der Waals surface area contributed by atoms with Crippen molar-refractivity contribution in [2.45, 2.75) is 53.1 Å². The first kappa shape index (κ1) is 25.1. The third kappa shape index (κ3) is 9.78. The Hall–Kier alpha value is -1.14. The molecule has 0 N–H and O–H groups in total. The molecule has 1 heterocycles.